The summed E-state index contributed by atoms with van der Waals surface area (Å²) in [5.41, 5.74) is 4.72. The minimum atomic E-state index is -0.496. The number of aryl methyl sites for hydroxylation is 2. The highest BCUT2D eigenvalue weighted by atomic mass is 32.2. The molecule has 2 amide bonds. The molecule has 2 aromatic carbocycles. The van der Waals surface area contributed by atoms with Crippen LogP contribution in [0, 0.1) is 13.8 Å². The molecule has 0 heterocycles. The Hall–Kier alpha value is -2.27. The summed E-state index contributed by atoms with van der Waals surface area (Å²) in [4.78, 5) is 28.0. The quantitative estimate of drug-likeness (QED) is 0.554. The standard InChI is InChI=1S/C27H36N2O2S/c1-20-13-15-23(16-14-20)17-29(22(3)27(31)28-25-11-5-4-6-12-25)26(30)19-32-18-24-10-8-7-9-21(24)2/h7-10,13-16,22,25H,4-6,11-12,17-19H2,1-3H3,(H,28,31)/t22-/m1/s1. The van der Waals surface area contributed by atoms with Crippen LogP contribution in [-0.2, 0) is 21.9 Å². The Morgan fingerprint density at radius 2 is 1.72 bits per heavy atom. The van der Waals surface area contributed by atoms with E-state index in [0.717, 1.165) is 24.2 Å². The molecule has 1 aliphatic rings. The summed E-state index contributed by atoms with van der Waals surface area (Å²) in [5, 5.41) is 3.20. The van der Waals surface area contributed by atoms with Crippen LogP contribution in [0.4, 0.5) is 0 Å². The second kappa shape index (κ2) is 12.1. The highest BCUT2D eigenvalue weighted by Gasteiger charge is 2.28. The van der Waals surface area contributed by atoms with Crippen LogP contribution in [0.5, 0.6) is 0 Å². The van der Waals surface area contributed by atoms with E-state index in [-0.39, 0.29) is 17.9 Å². The van der Waals surface area contributed by atoms with E-state index in [1.54, 1.807) is 16.7 Å². The number of carbonyl (C=O) groups excluding carboxylic acids is 2. The summed E-state index contributed by atoms with van der Waals surface area (Å²) in [6, 6.07) is 16.2. The maximum atomic E-state index is 13.3. The summed E-state index contributed by atoms with van der Waals surface area (Å²) in [6.45, 7) is 6.45. The number of thioether (sulfide) groups is 1. The molecule has 1 saturated carbocycles. The van der Waals surface area contributed by atoms with Gasteiger partial charge in [-0.05, 0) is 50.3 Å². The largest absolute Gasteiger partial charge is 0.352 e. The maximum absolute atomic E-state index is 13.3. The number of benzene rings is 2. The van der Waals surface area contributed by atoms with E-state index in [2.05, 4.69) is 43.4 Å². The van der Waals surface area contributed by atoms with Crippen molar-refractivity contribution < 1.29 is 9.59 Å². The first-order valence-corrected chi connectivity index (χ1v) is 12.9. The van der Waals surface area contributed by atoms with Gasteiger partial charge < -0.3 is 10.2 Å². The van der Waals surface area contributed by atoms with Crippen LogP contribution in [0.1, 0.15) is 61.3 Å². The molecule has 0 aromatic heterocycles. The summed E-state index contributed by atoms with van der Waals surface area (Å²) in [7, 11) is 0. The normalized spacial score (nSPS) is 15.2. The van der Waals surface area contributed by atoms with Crippen LogP contribution in [0.2, 0.25) is 0 Å². The van der Waals surface area contributed by atoms with Gasteiger partial charge in [-0.2, -0.15) is 0 Å². The first kappa shape index (κ1) is 24.4. The molecule has 0 saturated heterocycles. The minimum Gasteiger partial charge on any atom is -0.352 e. The average Bonchev–Trinajstić information content (AvgIpc) is 2.80. The van der Waals surface area contributed by atoms with E-state index in [9.17, 15) is 9.59 Å². The first-order valence-electron chi connectivity index (χ1n) is 11.7. The maximum Gasteiger partial charge on any atom is 0.242 e. The van der Waals surface area contributed by atoms with Gasteiger partial charge in [0.2, 0.25) is 11.8 Å². The van der Waals surface area contributed by atoms with Crippen molar-refractivity contribution in [1.82, 2.24) is 10.2 Å². The minimum absolute atomic E-state index is 0.00968. The van der Waals surface area contributed by atoms with E-state index >= 15 is 0 Å². The summed E-state index contributed by atoms with van der Waals surface area (Å²) < 4.78 is 0. The molecule has 5 heteroatoms. The number of amides is 2. The molecule has 0 aliphatic heterocycles. The van der Waals surface area contributed by atoms with Gasteiger partial charge in [0.25, 0.3) is 0 Å². The molecule has 3 rings (SSSR count). The Morgan fingerprint density at radius 3 is 2.41 bits per heavy atom. The van der Waals surface area contributed by atoms with E-state index in [1.165, 1.54) is 36.0 Å². The van der Waals surface area contributed by atoms with Crippen molar-refractivity contribution in [2.75, 3.05) is 5.75 Å². The van der Waals surface area contributed by atoms with Crippen molar-refractivity contribution >= 4 is 23.6 Å². The van der Waals surface area contributed by atoms with Gasteiger partial charge in [-0.15, -0.1) is 11.8 Å². The van der Waals surface area contributed by atoms with Crippen molar-refractivity contribution in [2.24, 2.45) is 0 Å². The van der Waals surface area contributed by atoms with Crippen LogP contribution < -0.4 is 5.32 Å². The Balaban J connectivity index is 1.65. The highest BCUT2D eigenvalue weighted by Crippen LogP contribution is 2.20. The predicted molar refractivity (Wildman–Crippen MR) is 134 cm³/mol. The van der Waals surface area contributed by atoms with Gasteiger partial charge in [0, 0.05) is 18.3 Å². The second-order valence-corrected chi connectivity index (χ2v) is 9.93. The van der Waals surface area contributed by atoms with Crippen LogP contribution in [0.15, 0.2) is 48.5 Å². The van der Waals surface area contributed by atoms with Crippen LogP contribution in [0.3, 0.4) is 0 Å². The molecule has 0 bridgehead atoms. The zero-order valence-corrected chi connectivity index (χ0v) is 20.4. The van der Waals surface area contributed by atoms with E-state index < -0.39 is 6.04 Å². The fourth-order valence-electron chi connectivity index (χ4n) is 4.14. The van der Waals surface area contributed by atoms with Crippen LogP contribution in [-0.4, -0.2) is 34.6 Å². The molecule has 1 atom stereocenters. The van der Waals surface area contributed by atoms with Crippen LogP contribution in [0.25, 0.3) is 0 Å². The van der Waals surface area contributed by atoms with Crippen molar-refractivity contribution in [3.05, 3.63) is 70.8 Å². The zero-order chi connectivity index (χ0) is 22.9. The van der Waals surface area contributed by atoms with E-state index in [1.807, 2.05) is 31.2 Å². The molecular weight excluding hydrogens is 416 g/mol. The van der Waals surface area contributed by atoms with Crippen LogP contribution >= 0.6 is 11.8 Å². The van der Waals surface area contributed by atoms with E-state index in [4.69, 9.17) is 0 Å². The average molecular weight is 453 g/mol. The zero-order valence-electron chi connectivity index (χ0n) is 19.6. The molecular formula is C27H36N2O2S. The molecule has 172 valence electrons. The number of hydrogen-bond donors (Lipinski definition) is 1. The van der Waals surface area contributed by atoms with Gasteiger partial charge in [-0.25, -0.2) is 0 Å². The Morgan fingerprint density at radius 1 is 1.03 bits per heavy atom. The third-order valence-electron chi connectivity index (χ3n) is 6.34. The fraction of sp³-hybridized carbons (Fsp3) is 0.481. The number of nitrogens with one attached hydrogen (secondary N) is 1. The predicted octanol–water partition coefficient (Wildman–Crippen LogP) is 5.40. The lowest BCUT2D eigenvalue weighted by Gasteiger charge is -2.31. The summed E-state index contributed by atoms with van der Waals surface area (Å²) in [5.74, 6) is 1.12. The molecule has 32 heavy (non-hydrogen) atoms. The van der Waals surface area contributed by atoms with Crippen molar-refractivity contribution in [3.8, 4) is 0 Å². The summed E-state index contributed by atoms with van der Waals surface area (Å²) in [6.07, 6.45) is 5.66. The number of rotatable bonds is 9. The van der Waals surface area contributed by atoms with Gasteiger partial charge in [0.05, 0.1) is 5.75 Å². The monoisotopic (exact) mass is 452 g/mol. The Labute approximate surface area is 197 Å². The van der Waals surface area contributed by atoms with Crippen molar-refractivity contribution in [1.29, 1.82) is 0 Å². The fourth-order valence-corrected chi connectivity index (χ4v) is 5.13. The first-order chi connectivity index (χ1) is 15.4. The molecule has 0 radical (unpaired) electrons. The number of hydrogen-bond acceptors (Lipinski definition) is 3. The van der Waals surface area contributed by atoms with E-state index in [0.29, 0.717) is 12.3 Å². The Kier molecular flexibility index (Phi) is 9.22. The molecule has 1 N–H and O–H groups in total. The van der Waals surface area contributed by atoms with Gasteiger partial charge in [-0.1, -0.05) is 73.4 Å². The van der Waals surface area contributed by atoms with Gasteiger partial charge >= 0.3 is 0 Å². The Bertz CT molecular complexity index is 891. The lowest BCUT2D eigenvalue weighted by Crippen LogP contribution is -2.50. The van der Waals surface area contributed by atoms with Crippen molar-refractivity contribution in [2.45, 2.75) is 77.3 Å². The molecule has 0 unspecified atom stereocenters. The second-order valence-electron chi connectivity index (χ2n) is 8.95. The topological polar surface area (TPSA) is 49.4 Å². The molecule has 0 spiro atoms. The van der Waals surface area contributed by atoms with Crippen molar-refractivity contribution in [3.63, 3.8) is 0 Å². The highest BCUT2D eigenvalue weighted by molar-refractivity contribution is 7.99. The third-order valence-corrected chi connectivity index (χ3v) is 7.30. The molecule has 1 aliphatic carbocycles. The third kappa shape index (κ3) is 7.13. The summed E-state index contributed by atoms with van der Waals surface area (Å²) >= 11 is 1.61. The number of carbonyl (C=O) groups is 2. The molecule has 2 aromatic rings. The van der Waals surface area contributed by atoms with Gasteiger partial charge in [0.15, 0.2) is 0 Å². The lowest BCUT2D eigenvalue weighted by atomic mass is 9.95. The SMILES string of the molecule is Cc1ccc(CN(C(=O)CSCc2ccccc2C)[C@H](C)C(=O)NC2CCCCC2)cc1. The van der Waals surface area contributed by atoms with Gasteiger partial charge in [0.1, 0.15) is 6.04 Å². The molecule has 4 nitrogen and oxygen atoms in total. The lowest BCUT2D eigenvalue weighted by molar-refractivity contribution is -0.139. The molecule has 1 fully saturated rings. The number of nitrogens with zero attached hydrogens (tertiary/aromatic N) is 1. The van der Waals surface area contributed by atoms with Gasteiger partial charge in [-0.3, -0.25) is 9.59 Å². The smallest absolute Gasteiger partial charge is 0.242 e.